The molecule has 0 aliphatic heterocycles. The van der Waals surface area contributed by atoms with Crippen LogP contribution in [0.2, 0.25) is 0 Å². The fraction of sp³-hybridized carbons (Fsp3) is 0.0714. The molecular formula is C14H11N3O. The summed E-state index contributed by atoms with van der Waals surface area (Å²) in [7, 11) is 0. The molecule has 0 fully saturated rings. The van der Waals surface area contributed by atoms with E-state index in [1.165, 1.54) is 6.20 Å². The number of aromatic nitrogens is 1. The number of carbonyl (C=O) groups is 1. The maximum absolute atomic E-state index is 12.0. The molecule has 4 heteroatoms. The van der Waals surface area contributed by atoms with Crippen molar-refractivity contribution in [3.8, 4) is 6.07 Å². The molecule has 1 amide bonds. The van der Waals surface area contributed by atoms with Crippen molar-refractivity contribution in [3.63, 3.8) is 0 Å². The number of hydrogen-bond acceptors (Lipinski definition) is 3. The number of hydrogen-bond donors (Lipinski definition) is 1. The summed E-state index contributed by atoms with van der Waals surface area (Å²) < 4.78 is 0. The average molecular weight is 237 g/mol. The number of carbonyl (C=O) groups excluding carboxylic acids is 1. The monoisotopic (exact) mass is 237 g/mol. The Labute approximate surface area is 105 Å². The molecule has 88 valence electrons. The highest BCUT2D eigenvalue weighted by molar-refractivity contribution is 5.97. The normalized spacial score (nSPS) is 11.3. The molecule has 1 aromatic carbocycles. The van der Waals surface area contributed by atoms with Crippen LogP contribution in [-0.4, -0.2) is 10.9 Å². The molecule has 2 aromatic rings. The molecule has 0 aliphatic rings. The summed E-state index contributed by atoms with van der Waals surface area (Å²) in [5.74, 6) is -1.16. The van der Waals surface area contributed by atoms with E-state index in [-0.39, 0.29) is 5.91 Å². The second-order valence-corrected chi connectivity index (χ2v) is 3.70. The van der Waals surface area contributed by atoms with Crippen LogP contribution in [0.4, 0.5) is 5.69 Å². The number of anilines is 1. The van der Waals surface area contributed by atoms with Gasteiger partial charge in [-0.1, -0.05) is 30.3 Å². The predicted octanol–water partition coefficient (Wildman–Crippen LogP) is 2.33. The van der Waals surface area contributed by atoms with Gasteiger partial charge in [-0.05, 0) is 17.7 Å². The molecule has 1 aromatic heterocycles. The first kappa shape index (κ1) is 11.8. The van der Waals surface area contributed by atoms with Crippen LogP contribution in [0.15, 0.2) is 54.9 Å². The van der Waals surface area contributed by atoms with E-state index in [0.29, 0.717) is 11.3 Å². The van der Waals surface area contributed by atoms with Crippen LogP contribution in [-0.2, 0) is 4.79 Å². The third-order valence-corrected chi connectivity index (χ3v) is 2.45. The Morgan fingerprint density at radius 3 is 2.61 bits per heavy atom. The lowest BCUT2D eigenvalue weighted by atomic mass is 10.00. The van der Waals surface area contributed by atoms with E-state index >= 15 is 0 Å². The van der Waals surface area contributed by atoms with Crippen LogP contribution in [0.3, 0.4) is 0 Å². The molecule has 18 heavy (non-hydrogen) atoms. The Kier molecular flexibility index (Phi) is 3.67. The van der Waals surface area contributed by atoms with Gasteiger partial charge in [0.05, 0.1) is 18.0 Å². The molecule has 0 saturated carbocycles. The summed E-state index contributed by atoms with van der Waals surface area (Å²) in [4.78, 5) is 15.9. The van der Waals surface area contributed by atoms with E-state index in [9.17, 15) is 4.79 Å². The topological polar surface area (TPSA) is 65.8 Å². The summed E-state index contributed by atoms with van der Waals surface area (Å²) in [6.45, 7) is 0. The standard InChI is InChI=1S/C14H11N3O/c15-9-13(11-5-2-1-3-6-11)14(18)17-12-7-4-8-16-10-12/h1-8,10,13H,(H,17,18). The van der Waals surface area contributed by atoms with Crippen molar-refractivity contribution >= 4 is 11.6 Å². The van der Waals surface area contributed by atoms with Crippen molar-refractivity contribution < 1.29 is 4.79 Å². The van der Waals surface area contributed by atoms with Gasteiger partial charge in [0.25, 0.3) is 0 Å². The van der Waals surface area contributed by atoms with Crippen LogP contribution >= 0.6 is 0 Å². The molecular weight excluding hydrogens is 226 g/mol. The van der Waals surface area contributed by atoms with Crippen LogP contribution in [0, 0.1) is 11.3 Å². The predicted molar refractivity (Wildman–Crippen MR) is 67.7 cm³/mol. The zero-order valence-electron chi connectivity index (χ0n) is 9.58. The second kappa shape index (κ2) is 5.60. The smallest absolute Gasteiger partial charge is 0.246 e. The third kappa shape index (κ3) is 2.71. The Bertz CT molecular complexity index is 561. The van der Waals surface area contributed by atoms with Crippen molar-refractivity contribution in [2.24, 2.45) is 0 Å². The lowest BCUT2D eigenvalue weighted by Crippen LogP contribution is -2.19. The number of nitriles is 1. The SMILES string of the molecule is N#CC(C(=O)Nc1cccnc1)c1ccccc1. The maximum atomic E-state index is 12.0. The summed E-state index contributed by atoms with van der Waals surface area (Å²) in [6.07, 6.45) is 3.16. The number of amides is 1. The van der Waals surface area contributed by atoms with Gasteiger partial charge in [-0.3, -0.25) is 9.78 Å². The van der Waals surface area contributed by atoms with Crippen LogP contribution in [0.5, 0.6) is 0 Å². The van der Waals surface area contributed by atoms with Crippen molar-refractivity contribution in [2.75, 3.05) is 5.32 Å². The van der Waals surface area contributed by atoms with Gasteiger partial charge in [0, 0.05) is 6.20 Å². The Hall–Kier alpha value is -2.67. The highest BCUT2D eigenvalue weighted by Crippen LogP contribution is 2.16. The molecule has 2 rings (SSSR count). The first-order valence-electron chi connectivity index (χ1n) is 5.46. The quantitative estimate of drug-likeness (QED) is 0.890. The molecule has 0 bridgehead atoms. The fourth-order valence-corrected chi connectivity index (χ4v) is 1.58. The number of pyridine rings is 1. The van der Waals surface area contributed by atoms with Gasteiger partial charge in [-0.15, -0.1) is 0 Å². The number of benzene rings is 1. The maximum Gasteiger partial charge on any atom is 0.246 e. The minimum atomic E-state index is -0.814. The van der Waals surface area contributed by atoms with Gasteiger partial charge in [-0.25, -0.2) is 0 Å². The summed E-state index contributed by atoms with van der Waals surface area (Å²) in [5.41, 5.74) is 1.26. The summed E-state index contributed by atoms with van der Waals surface area (Å²) in [6, 6.07) is 14.4. The molecule has 0 saturated heterocycles. The number of rotatable bonds is 3. The van der Waals surface area contributed by atoms with Crippen LogP contribution in [0.1, 0.15) is 11.5 Å². The van der Waals surface area contributed by atoms with Crippen molar-refractivity contribution in [1.29, 1.82) is 5.26 Å². The van der Waals surface area contributed by atoms with E-state index in [1.54, 1.807) is 42.6 Å². The van der Waals surface area contributed by atoms with Gasteiger partial charge < -0.3 is 5.32 Å². The van der Waals surface area contributed by atoms with Crippen molar-refractivity contribution in [1.82, 2.24) is 4.98 Å². The molecule has 0 spiro atoms. The molecule has 0 radical (unpaired) electrons. The van der Waals surface area contributed by atoms with Crippen molar-refractivity contribution in [2.45, 2.75) is 5.92 Å². The second-order valence-electron chi connectivity index (χ2n) is 3.70. The summed E-state index contributed by atoms with van der Waals surface area (Å²) >= 11 is 0. The van der Waals surface area contributed by atoms with Gasteiger partial charge >= 0.3 is 0 Å². The van der Waals surface area contributed by atoms with E-state index in [4.69, 9.17) is 5.26 Å². The minimum Gasteiger partial charge on any atom is -0.323 e. The molecule has 0 aliphatic carbocycles. The van der Waals surface area contributed by atoms with Crippen molar-refractivity contribution in [3.05, 3.63) is 60.4 Å². The van der Waals surface area contributed by atoms with E-state index < -0.39 is 5.92 Å². The first-order chi connectivity index (χ1) is 8.81. The third-order valence-electron chi connectivity index (χ3n) is 2.45. The lowest BCUT2D eigenvalue weighted by Gasteiger charge is -2.09. The summed E-state index contributed by atoms with van der Waals surface area (Å²) in [5, 5.41) is 11.8. The molecule has 4 nitrogen and oxygen atoms in total. The lowest BCUT2D eigenvalue weighted by molar-refractivity contribution is -0.116. The van der Waals surface area contributed by atoms with Crippen LogP contribution in [0.25, 0.3) is 0 Å². The zero-order valence-corrected chi connectivity index (χ0v) is 9.58. The Balaban J connectivity index is 2.15. The van der Waals surface area contributed by atoms with Gasteiger partial charge in [0.15, 0.2) is 5.92 Å². The average Bonchev–Trinajstić information content (AvgIpc) is 2.42. The molecule has 1 N–H and O–H groups in total. The van der Waals surface area contributed by atoms with Gasteiger partial charge in [-0.2, -0.15) is 5.26 Å². The van der Waals surface area contributed by atoms with E-state index in [1.807, 2.05) is 12.1 Å². The minimum absolute atomic E-state index is 0.350. The fourth-order valence-electron chi connectivity index (χ4n) is 1.58. The Morgan fingerprint density at radius 2 is 2.00 bits per heavy atom. The Morgan fingerprint density at radius 1 is 1.22 bits per heavy atom. The van der Waals surface area contributed by atoms with Crippen LogP contribution < -0.4 is 5.32 Å². The number of nitrogens with zero attached hydrogens (tertiary/aromatic N) is 2. The highest BCUT2D eigenvalue weighted by atomic mass is 16.1. The molecule has 1 heterocycles. The van der Waals surface area contributed by atoms with E-state index in [2.05, 4.69) is 10.3 Å². The zero-order chi connectivity index (χ0) is 12.8. The number of nitrogens with one attached hydrogen (secondary N) is 1. The molecule has 1 atom stereocenters. The largest absolute Gasteiger partial charge is 0.323 e. The first-order valence-corrected chi connectivity index (χ1v) is 5.46. The molecule has 1 unspecified atom stereocenters. The highest BCUT2D eigenvalue weighted by Gasteiger charge is 2.19. The van der Waals surface area contributed by atoms with Gasteiger partial charge in [0.2, 0.25) is 5.91 Å². The van der Waals surface area contributed by atoms with Gasteiger partial charge in [0.1, 0.15) is 0 Å². The van der Waals surface area contributed by atoms with E-state index in [0.717, 1.165) is 0 Å².